The zero-order chi connectivity index (χ0) is 24.1. The molecule has 0 aromatic carbocycles. The first-order chi connectivity index (χ1) is 13.8. The van der Waals surface area contributed by atoms with E-state index in [0.29, 0.717) is 38.0 Å². The molecule has 2 aliphatic rings. The predicted octanol–water partition coefficient (Wildman–Crippen LogP) is 5.68. The Hall–Kier alpha value is -1.51. The molecule has 2 saturated carbocycles. The third-order valence-electron chi connectivity index (χ3n) is 6.57. The average molecular weight is 470 g/mol. The summed E-state index contributed by atoms with van der Waals surface area (Å²) in [5, 5.41) is 9.34. The number of ketones is 1. The van der Waals surface area contributed by atoms with E-state index < -0.39 is 41.6 Å². The highest BCUT2D eigenvalue weighted by atomic mass is 19.4. The zero-order valence-electron chi connectivity index (χ0n) is 16.2. The quantitative estimate of drug-likeness (QED) is 0.424. The van der Waals surface area contributed by atoms with Crippen LogP contribution in [0, 0.1) is 29.1 Å². The molecule has 2 rings (SSSR count). The van der Waals surface area contributed by atoms with Crippen molar-refractivity contribution in [1.29, 1.82) is 0 Å². The topological polar surface area (TPSA) is 37.3 Å². The summed E-state index contributed by atoms with van der Waals surface area (Å²) in [6, 6.07) is 0. The zero-order valence-corrected chi connectivity index (χ0v) is 16.2. The van der Waals surface area contributed by atoms with Gasteiger partial charge in [-0.15, -0.1) is 0 Å². The van der Waals surface area contributed by atoms with E-state index in [-0.39, 0.29) is 24.0 Å². The van der Waals surface area contributed by atoms with E-state index >= 15 is 0 Å². The van der Waals surface area contributed by atoms with Crippen molar-refractivity contribution in [2.24, 2.45) is 17.3 Å². The molecule has 0 radical (unpaired) electrons. The molecular formula is C19H20F10O2. The molecule has 0 amide bonds. The Kier molecular flexibility index (Phi) is 6.49. The highest BCUT2D eigenvalue weighted by Gasteiger charge is 2.84. The van der Waals surface area contributed by atoms with E-state index in [1.165, 1.54) is 5.92 Å². The number of hydrogen-bond donors (Lipinski definition) is 1. The number of carbonyl (C=O) groups excluding carboxylic acids is 1. The van der Waals surface area contributed by atoms with Gasteiger partial charge in [0.2, 0.25) is 0 Å². The van der Waals surface area contributed by atoms with Crippen molar-refractivity contribution in [2.45, 2.75) is 81.7 Å². The number of Topliss-reactive ketones (excluding diaryl/α,β-unsaturated/α-hetero) is 1. The second-order valence-electron chi connectivity index (χ2n) is 8.35. The lowest BCUT2D eigenvalue weighted by molar-refractivity contribution is -0.406. The lowest BCUT2D eigenvalue weighted by Gasteiger charge is -2.40. The Morgan fingerprint density at radius 2 is 1.48 bits per heavy atom. The fraction of sp³-hybridized carbons (Fsp3) is 0.842. The van der Waals surface area contributed by atoms with Crippen molar-refractivity contribution >= 4 is 5.78 Å². The molecule has 12 heteroatoms. The number of fused-ring (bicyclic) bond motifs is 1. The largest absolute Gasteiger partial charge is 0.457 e. The van der Waals surface area contributed by atoms with E-state index in [1.807, 2.05) is 6.92 Å². The van der Waals surface area contributed by atoms with Gasteiger partial charge in [0.1, 0.15) is 5.78 Å². The summed E-state index contributed by atoms with van der Waals surface area (Å²) in [5.74, 6) is -12.2. The molecule has 2 unspecified atom stereocenters. The maximum absolute atomic E-state index is 13.6. The van der Waals surface area contributed by atoms with Gasteiger partial charge in [0, 0.05) is 18.8 Å². The molecule has 0 bridgehead atoms. The number of carbonyl (C=O) groups is 1. The van der Waals surface area contributed by atoms with Gasteiger partial charge in [-0.25, -0.2) is 0 Å². The number of aliphatic hydroxyl groups is 1. The monoisotopic (exact) mass is 470 g/mol. The molecule has 1 N–H and O–H groups in total. The van der Waals surface area contributed by atoms with Crippen molar-refractivity contribution in [3.63, 3.8) is 0 Å². The normalized spacial score (nSPS) is 28.2. The molecule has 0 aromatic rings. The maximum Gasteiger partial charge on any atom is 0.457 e. The Morgan fingerprint density at radius 1 is 0.968 bits per heavy atom. The highest BCUT2D eigenvalue weighted by molar-refractivity contribution is 5.83. The minimum Gasteiger partial charge on any atom is -0.367 e. The molecule has 0 saturated heterocycles. The van der Waals surface area contributed by atoms with Gasteiger partial charge >= 0.3 is 24.2 Å². The summed E-state index contributed by atoms with van der Waals surface area (Å²) in [6.45, 7) is 1.81. The fourth-order valence-corrected chi connectivity index (χ4v) is 4.71. The molecule has 2 nitrogen and oxygen atoms in total. The van der Waals surface area contributed by atoms with E-state index in [9.17, 15) is 53.8 Å². The lowest BCUT2D eigenvalue weighted by atomic mass is 9.64. The van der Waals surface area contributed by atoms with E-state index in [1.54, 1.807) is 0 Å². The maximum atomic E-state index is 13.6. The summed E-state index contributed by atoms with van der Waals surface area (Å²) in [4.78, 5) is 12.1. The molecule has 0 aromatic heterocycles. The third-order valence-corrected chi connectivity index (χ3v) is 6.57. The Labute approximate surface area is 171 Å². The van der Waals surface area contributed by atoms with Crippen LogP contribution in [-0.4, -0.2) is 40.7 Å². The summed E-state index contributed by atoms with van der Waals surface area (Å²) in [6.07, 6.45) is -11.8. The molecule has 2 aliphatic carbocycles. The van der Waals surface area contributed by atoms with Crippen LogP contribution in [0.5, 0.6) is 0 Å². The fourth-order valence-electron chi connectivity index (χ4n) is 4.71. The van der Waals surface area contributed by atoms with Gasteiger partial charge in [-0.05, 0) is 43.4 Å². The Balaban J connectivity index is 2.29. The highest BCUT2D eigenvalue weighted by Crippen LogP contribution is 2.56. The number of alkyl halides is 10. The molecule has 178 valence electrons. The van der Waals surface area contributed by atoms with Gasteiger partial charge < -0.3 is 5.11 Å². The molecule has 0 aliphatic heterocycles. The van der Waals surface area contributed by atoms with Gasteiger partial charge in [0.15, 0.2) is 0 Å². The standard InChI is InChI=1S/C19H20F10O2/c1-14-9-4-6-13(30)12(14)8-7-11(14)5-2-3-10-15(31,16(20,21)18(24,25)26)17(22,23)19(27,28)29/h11-12,31H,2,4-9H2,1H3/t11?,12-,14?/m0/s1. The van der Waals surface area contributed by atoms with Crippen LogP contribution in [0.15, 0.2) is 0 Å². The summed E-state index contributed by atoms with van der Waals surface area (Å²) < 4.78 is 130. The summed E-state index contributed by atoms with van der Waals surface area (Å²) >= 11 is 0. The van der Waals surface area contributed by atoms with Crippen molar-refractivity contribution in [3.05, 3.63) is 0 Å². The molecule has 31 heavy (non-hydrogen) atoms. The summed E-state index contributed by atoms with van der Waals surface area (Å²) in [5.41, 5.74) is -6.53. The number of hydrogen-bond acceptors (Lipinski definition) is 2. The third kappa shape index (κ3) is 4.02. The number of rotatable bonds is 4. The van der Waals surface area contributed by atoms with Crippen LogP contribution in [0.2, 0.25) is 0 Å². The first-order valence-corrected chi connectivity index (χ1v) is 9.47. The molecule has 0 heterocycles. The van der Waals surface area contributed by atoms with Crippen LogP contribution in [0.25, 0.3) is 0 Å². The van der Waals surface area contributed by atoms with Crippen LogP contribution in [-0.2, 0) is 4.79 Å². The van der Waals surface area contributed by atoms with Gasteiger partial charge in [0.25, 0.3) is 5.60 Å². The average Bonchev–Trinajstić information content (AvgIpc) is 2.94. The smallest absolute Gasteiger partial charge is 0.367 e. The lowest BCUT2D eigenvalue weighted by Crippen LogP contribution is -2.69. The molecule has 3 atom stereocenters. The van der Waals surface area contributed by atoms with E-state index in [4.69, 9.17) is 0 Å². The van der Waals surface area contributed by atoms with Crippen molar-refractivity contribution in [3.8, 4) is 11.8 Å². The van der Waals surface area contributed by atoms with E-state index in [0.717, 1.165) is 0 Å². The summed E-state index contributed by atoms with van der Waals surface area (Å²) in [7, 11) is 0. The van der Waals surface area contributed by atoms with Gasteiger partial charge in [-0.2, -0.15) is 43.9 Å². The van der Waals surface area contributed by atoms with Crippen molar-refractivity contribution in [2.75, 3.05) is 0 Å². The van der Waals surface area contributed by atoms with Crippen LogP contribution in [0.3, 0.4) is 0 Å². The van der Waals surface area contributed by atoms with Crippen molar-refractivity contribution < 1.29 is 53.8 Å². The first-order valence-electron chi connectivity index (χ1n) is 9.47. The predicted molar refractivity (Wildman–Crippen MR) is 87.1 cm³/mol. The first kappa shape index (κ1) is 25.7. The second kappa shape index (κ2) is 7.81. The SMILES string of the molecule is CC12CCCC(=O)[C@@H]1CCC2CCC#CC(O)(C(F)(F)C(F)(F)F)C(F)(F)C(F)(F)F. The molecule has 0 spiro atoms. The Morgan fingerprint density at radius 3 is 1.97 bits per heavy atom. The number of halogens is 10. The van der Waals surface area contributed by atoms with Crippen LogP contribution >= 0.6 is 0 Å². The van der Waals surface area contributed by atoms with Gasteiger partial charge in [-0.1, -0.05) is 18.8 Å². The second-order valence-corrected chi connectivity index (χ2v) is 8.35. The van der Waals surface area contributed by atoms with E-state index in [2.05, 4.69) is 0 Å². The minimum absolute atomic E-state index is 0.0153. The van der Waals surface area contributed by atoms with Crippen LogP contribution in [0.4, 0.5) is 43.9 Å². The van der Waals surface area contributed by atoms with Crippen LogP contribution in [0.1, 0.15) is 51.9 Å². The van der Waals surface area contributed by atoms with Crippen LogP contribution < -0.4 is 0 Å². The minimum atomic E-state index is -6.92. The van der Waals surface area contributed by atoms with Gasteiger partial charge in [0.05, 0.1) is 0 Å². The Bertz CT molecular complexity index is 732. The molecule has 2 fully saturated rings. The van der Waals surface area contributed by atoms with Gasteiger partial charge in [-0.3, -0.25) is 4.79 Å². The van der Waals surface area contributed by atoms with Crippen molar-refractivity contribution in [1.82, 2.24) is 0 Å². The molecular weight excluding hydrogens is 450 g/mol.